The van der Waals surface area contributed by atoms with Crippen LogP contribution in [0.15, 0.2) is 22.6 Å². The molecule has 1 saturated heterocycles. The summed E-state index contributed by atoms with van der Waals surface area (Å²) in [5.41, 5.74) is 8.04. The van der Waals surface area contributed by atoms with Gasteiger partial charge in [-0.05, 0) is 31.5 Å². The molecule has 0 aliphatic carbocycles. The summed E-state index contributed by atoms with van der Waals surface area (Å²) in [6.45, 7) is 2.84. The Morgan fingerprint density at radius 3 is 3.06 bits per heavy atom. The second kappa shape index (κ2) is 3.49. The average molecular weight is 218 g/mol. The van der Waals surface area contributed by atoms with E-state index in [1.54, 1.807) is 0 Å². The van der Waals surface area contributed by atoms with Crippen molar-refractivity contribution in [3.63, 3.8) is 0 Å². The fraction of sp³-hybridized carbons (Fsp3) is 0.417. The third-order valence-electron chi connectivity index (χ3n) is 3.12. The second-order valence-electron chi connectivity index (χ2n) is 4.25. The number of aromatic nitrogens is 1. The van der Waals surface area contributed by atoms with E-state index in [4.69, 9.17) is 14.9 Å². The van der Waals surface area contributed by atoms with Gasteiger partial charge in [-0.3, -0.25) is 0 Å². The highest BCUT2D eigenvalue weighted by molar-refractivity contribution is 5.76. The SMILES string of the molecule is CC1OCCC1c1nc2cc(N)ccc2o1. The van der Waals surface area contributed by atoms with Crippen LogP contribution in [0.1, 0.15) is 25.2 Å². The van der Waals surface area contributed by atoms with E-state index in [1.165, 1.54) is 0 Å². The number of oxazole rings is 1. The molecule has 1 fully saturated rings. The Kier molecular flexibility index (Phi) is 2.11. The molecule has 1 aliphatic heterocycles. The van der Waals surface area contributed by atoms with Gasteiger partial charge in [0.15, 0.2) is 5.58 Å². The van der Waals surface area contributed by atoms with Crippen molar-refractivity contribution in [3.05, 3.63) is 24.1 Å². The predicted molar refractivity (Wildman–Crippen MR) is 61.2 cm³/mol. The summed E-state index contributed by atoms with van der Waals surface area (Å²) < 4.78 is 11.2. The number of nitrogens with two attached hydrogens (primary N) is 1. The Hall–Kier alpha value is -1.55. The van der Waals surface area contributed by atoms with Crippen LogP contribution in [0.5, 0.6) is 0 Å². The van der Waals surface area contributed by atoms with Crippen molar-refractivity contribution in [3.8, 4) is 0 Å². The number of benzene rings is 1. The van der Waals surface area contributed by atoms with Crippen molar-refractivity contribution < 1.29 is 9.15 Å². The zero-order valence-electron chi connectivity index (χ0n) is 9.14. The normalized spacial score (nSPS) is 25.3. The number of anilines is 1. The van der Waals surface area contributed by atoms with Crippen molar-refractivity contribution in [2.75, 3.05) is 12.3 Å². The van der Waals surface area contributed by atoms with Gasteiger partial charge in [0.25, 0.3) is 0 Å². The van der Waals surface area contributed by atoms with Crippen LogP contribution in [0.2, 0.25) is 0 Å². The maximum Gasteiger partial charge on any atom is 0.201 e. The molecule has 0 amide bonds. The quantitative estimate of drug-likeness (QED) is 0.746. The average Bonchev–Trinajstić information content (AvgIpc) is 2.82. The molecule has 1 aromatic carbocycles. The van der Waals surface area contributed by atoms with Crippen molar-refractivity contribution in [1.29, 1.82) is 0 Å². The van der Waals surface area contributed by atoms with E-state index >= 15 is 0 Å². The molecule has 0 bridgehead atoms. The van der Waals surface area contributed by atoms with Gasteiger partial charge in [-0.2, -0.15) is 0 Å². The lowest BCUT2D eigenvalue weighted by Gasteiger charge is -2.08. The number of rotatable bonds is 1. The number of nitrogens with zero attached hydrogens (tertiary/aromatic N) is 1. The predicted octanol–water partition coefficient (Wildman–Crippen LogP) is 2.30. The van der Waals surface area contributed by atoms with E-state index in [0.29, 0.717) is 5.69 Å². The molecule has 2 atom stereocenters. The van der Waals surface area contributed by atoms with Gasteiger partial charge in [0.1, 0.15) is 5.52 Å². The molecule has 2 N–H and O–H groups in total. The monoisotopic (exact) mass is 218 g/mol. The van der Waals surface area contributed by atoms with Crippen LogP contribution in [0, 0.1) is 0 Å². The molecule has 0 saturated carbocycles. The van der Waals surface area contributed by atoms with Crippen molar-refractivity contribution in [2.24, 2.45) is 0 Å². The fourth-order valence-corrected chi connectivity index (χ4v) is 2.18. The van der Waals surface area contributed by atoms with E-state index < -0.39 is 0 Å². The van der Waals surface area contributed by atoms with E-state index in [9.17, 15) is 0 Å². The van der Waals surface area contributed by atoms with Crippen LogP contribution in [-0.2, 0) is 4.74 Å². The summed E-state index contributed by atoms with van der Waals surface area (Å²) in [5.74, 6) is 1.04. The lowest BCUT2D eigenvalue weighted by atomic mass is 10.0. The largest absolute Gasteiger partial charge is 0.440 e. The zero-order chi connectivity index (χ0) is 11.1. The van der Waals surface area contributed by atoms with Crippen molar-refractivity contribution >= 4 is 16.8 Å². The maximum atomic E-state index is 5.73. The third-order valence-corrected chi connectivity index (χ3v) is 3.12. The van der Waals surface area contributed by atoms with Crippen LogP contribution < -0.4 is 5.73 Å². The molecule has 1 aliphatic rings. The number of ether oxygens (including phenoxy) is 1. The molecule has 3 rings (SSSR count). The Balaban J connectivity index is 2.04. The summed E-state index contributed by atoms with van der Waals surface area (Å²) in [4.78, 5) is 4.48. The van der Waals surface area contributed by atoms with Crippen molar-refractivity contribution in [1.82, 2.24) is 4.98 Å². The van der Waals surface area contributed by atoms with Gasteiger partial charge in [0.2, 0.25) is 5.89 Å². The molecule has 4 nitrogen and oxygen atoms in total. The number of nitrogen functional groups attached to an aromatic ring is 1. The topological polar surface area (TPSA) is 61.3 Å². The first kappa shape index (κ1) is 9.66. The van der Waals surface area contributed by atoms with Gasteiger partial charge < -0.3 is 14.9 Å². The molecule has 0 spiro atoms. The Labute approximate surface area is 93.4 Å². The van der Waals surface area contributed by atoms with E-state index in [1.807, 2.05) is 18.2 Å². The Morgan fingerprint density at radius 1 is 1.44 bits per heavy atom. The van der Waals surface area contributed by atoms with Gasteiger partial charge in [0, 0.05) is 12.3 Å². The van der Waals surface area contributed by atoms with Gasteiger partial charge in [0.05, 0.1) is 12.0 Å². The van der Waals surface area contributed by atoms with Gasteiger partial charge in [-0.25, -0.2) is 4.98 Å². The first-order valence-corrected chi connectivity index (χ1v) is 5.51. The van der Waals surface area contributed by atoms with Crippen LogP contribution >= 0.6 is 0 Å². The molecule has 0 radical (unpaired) electrons. The lowest BCUT2D eigenvalue weighted by Crippen LogP contribution is -2.09. The summed E-state index contributed by atoms with van der Waals surface area (Å²) in [5, 5.41) is 0. The Bertz CT molecular complexity index is 521. The first-order chi connectivity index (χ1) is 7.74. The first-order valence-electron chi connectivity index (χ1n) is 5.51. The molecule has 16 heavy (non-hydrogen) atoms. The number of hydrogen-bond acceptors (Lipinski definition) is 4. The molecule has 2 heterocycles. The summed E-state index contributed by atoms with van der Waals surface area (Å²) in [7, 11) is 0. The Morgan fingerprint density at radius 2 is 2.31 bits per heavy atom. The fourth-order valence-electron chi connectivity index (χ4n) is 2.18. The molecular formula is C12H14N2O2. The number of hydrogen-bond donors (Lipinski definition) is 1. The van der Waals surface area contributed by atoms with Gasteiger partial charge >= 0.3 is 0 Å². The molecule has 2 aromatic rings. The van der Waals surface area contributed by atoms with Gasteiger partial charge in [-0.1, -0.05) is 0 Å². The minimum atomic E-state index is 0.186. The molecular weight excluding hydrogens is 204 g/mol. The molecule has 2 unspecified atom stereocenters. The van der Waals surface area contributed by atoms with Crippen LogP contribution in [-0.4, -0.2) is 17.7 Å². The third kappa shape index (κ3) is 1.46. The second-order valence-corrected chi connectivity index (χ2v) is 4.25. The lowest BCUT2D eigenvalue weighted by molar-refractivity contribution is 0.114. The summed E-state index contributed by atoms with van der Waals surface area (Å²) in [6, 6.07) is 5.52. The van der Waals surface area contributed by atoms with Crippen LogP contribution in [0.25, 0.3) is 11.1 Å². The highest BCUT2D eigenvalue weighted by Gasteiger charge is 2.30. The summed E-state index contributed by atoms with van der Waals surface area (Å²) >= 11 is 0. The zero-order valence-corrected chi connectivity index (χ0v) is 9.14. The smallest absolute Gasteiger partial charge is 0.201 e. The summed E-state index contributed by atoms with van der Waals surface area (Å²) in [6.07, 6.45) is 1.16. The van der Waals surface area contributed by atoms with E-state index in [-0.39, 0.29) is 12.0 Å². The minimum Gasteiger partial charge on any atom is -0.440 e. The maximum absolute atomic E-state index is 5.73. The molecule has 4 heteroatoms. The molecule has 84 valence electrons. The van der Waals surface area contributed by atoms with Crippen LogP contribution in [0.3, 0.4) is 0 Å². The van der Waals surface area contributed by atoms with Gasteiger partial charge in [-0.15, -0.1) is 0 Å². The van der Waals surface area contributed by atoms with E-state index in [0.717, 1.165) is 30.0 Å². The van der Waals surface area contributed by atoms with E-state index in [2.05, 4.69) is 11.9 Å². The minimum absolute atomic E-state index is 0.186. The highest BCUT2D eigenvalue weighted by atomic mass is 16.5. The van der Waals surface area contributed by atoms with Crippen molar-refractivity contribution in [2.45, 2.75) is 25.4 Å². The van der Waals surface area contributed by atoms with Crippen LogP contribution in [0.4, 0.5) is 5.69 Å². The molecule has 1 aromatic heterocycles. The standard InChI is InChI=1S/C12H14N2O2/c1-7-9(4-5-15-7)12-14-10-6-8(13)2-3-11(10)16-12/h2-3,6-7,9H,4-5,13H2,1H3. The number of fused-ring (bicyclic) bond motifs is 1. The highest BCUT2D eigenvalue weighted by Crippen LogP contribution is 2.32.